The highest BCUT2D eigenvalue weighted by atomic mass is 32.2. The average molecular weight is 374 g/mol. The zero-order valence-electron chi connectivity index (χ0n) is 12.6. The molecule has 2 bridgehead atoms. The number of hydrogen-bond donors (Lipinski definition) is 1. The van der Waals surface area contributed by atoms with Crippen LogP contribution in [-0.2, 0) is 20.9 Å². The molecule has 0 unspecified atom stereocenters. The number of halogens is 3. The van der Waals surface area contributed by atoms with Crippen molar-refractivity contribution in [2.45, 2.75) is 36.2 Å². The lowest BCUT2D eigenvalue weighted by Crippen LogP contribution is -2.42. The van der Waals surface area contributed by atoms with Gasteiger partial charge in [0.15, 0.2) is 5.69 Å². The minimum atomic E-state index is -4.76. The molecule has 1 aromatic carbocycles. The first-order valence-corrected chi connectivity index (χ1v) is 9.08. The Kier molecular flexibility index (Phi) is 3.39. The molecule has 0 radical (unpaired) electrons. The standard InChI is InChI=1S/C15H13F3N2O4S/c1-19-10-3-2-7(4-9(10)15(16,17)18)20-6-8-12-5-11(21)13(24-12)14(8)25(20,22)23/h2-4,8,11-14,21H,5-6H2/t8-,11+,12-,13+,14-/m0/s1. The van der Waals surface area contributed by atoms with Gasteiger partial charge in [-0.2, -0.15) is 13.2 Å². The van der Waals surface area contributed by atoms with E-state index in [2.05, 4.69) is 4.85 Å². The smallest absolute Gasteiger partial charge is 0.390 e. The van der Waals surface area contributed by atoms with Gasteiger partial charge in [0, 0.05) is 24.6 Å². The van der Waals surface area contributed by atoms with Crippen LogP contribution in [0.2, 0.25) is 0 Å². The quantitative estimate of drug-likeness (QED) is 0.763. The van der Waals surface area contributed by atoms with Gasteiger partial charge in [0.1, 0.15) is 11.4 Å². The van der Waals surface area contributed by atoms with E-state index in [0.717, 1.165) is 10.4 Å². The summed E-state index contributed by atoms with van der Waals surface area (Å²) in [6.07, 6.45) is -6.55. The van der Waals surface area contributed by atoms with Crippen LogP contribution in [0.1, 0.15) is 12.0 Å². The summed E-state index contributed by atoms with van der Waals surface area (Å²) < 4.78 is 71.5. The zero-order chi connectivity index (χ0) is 18.1. The molecule has 4 rings (SSSR count). The van der Waals surface area contributed by atoms with Crippen LogP contribution in [0.3, 0.4) is 0 Å². The van der Waals surface area contributed by atoms with Crippen molar-refractivity contribution in [2.24, 2.45) is 5.92 Å². The Labute approximate surface area is 141 Å². The molecule has 0 amide bonds. The Morgan fingerprint density at radius 2 is 2.08 bits per heavy atom. The second-order valence-corrected chi connectivity index (χ2v) is 8.47. The second-order valence-electron chi connectivity index (χ2n) is 6.46. The molecule has 3 heterocycles. The van der Waals surface area contributed by atoms with Crippen molar-refractivity contribution in [3.05, 3.63) is 35.2 Å². The number of alkyl halides is 3. The third-order valence-electron chi connectivity index (χ3n) is 5.13. The van der Waals surface area contributed by atoms with Crippen LogP contribution in [0, 0.1) is 12.5 Å². The van der Waals surface area contributed by atoms with Crippen molar-refractivity contribution in [1.29, 1.82) is 0 Å². The Morgan fingerprint density at radius 3 is 2.72 bits per heavy atom. The Morgan fingerprint density at radius 1 is 1.36 bits per heavy atom. The maximum atomic E-state index is 13.1. The van der Waals surface area contributed by atoms with Crippen molar-refractivity contribution in [3.8, 4) is 0 Å². The highest BCUT2D eigenvalue weighted by Crippen LogP contribution is 2.49. The Balaban J connectivity index is 1.76. The first-order chi connectivity index (χ1) is 11.6. The fourth-order valence-electron chi connectivity index (χ4n) is 4.06. The van der Waals surface area contributed by atoms with Gasteiger partial charge in [-0.05, 0) is 12.1 Å². The van der Waals surface area contributed by atoms with Gasteiger partial charge in [-0.1, -0.05) is 6.07 Å². The first kappa shape index (κ1) is 16.6. The highest BCUT2D eigenvalue weighted by Gasteiger charge is 2.64. The Bertz CT molecular complexity index is 880. The van der Waals surface area contributed by atoms with Gasteiger partial charge in [-0.3, -0.25) is 4.31 Å². The SMILES string of the molecule is [C-]#[N+]c1ccc(N2C[C@@H]3[C@@H]([C@@H]4O[C@H]3C[C@H]4O)S2(=O)=O)cc1C(F)(F)F. The predicted octanol–water partition coefficient (Wildman–Crippen LogP) is 1.92. The Hall–Kier alpha value is -1.83. The van der Waals surface area contributed by atoms with E-state index in [1.807, 2.05) is 0 Å². The molecule has 5 atom stereocenters. The lowest BCUT2D eigenvalue weighted by atomic mass is 9.87. The fourth-order valence-corrected chi connectivity index (χ4v) is 6.43. The molecule has 0 saturated carbocycles. The van der Waals surface area contributed by atoms with E-state index in [0.29, 0.717) is 12.5 Å². The van der Waals surface area contributed by atoms with Gasteiger partial charge < -0.3 is 9.84 Å². The van der Waals surface area contributed by atoms with Crippen LogP contribution in [0.15, 0.2) is 18.2 Å². The second kappa shape index (κ2) is 5.09. The van der Waals surface area contributed by atoms with Crippen molar-refractivity contribution in [2.75, 3.05) is 10.8 Å². The molecule has 3 fully saturated rings. The molecular weight excluding hydrogens is 361 g/mol. The van der Waals surface area contributed by atoms with E-state index in [-0.39, 0.29) is 18.2 Å². The number of nitrogens with zero attached hydrogens (tertiary/aromatic N) is 2. The van der Waals surface area contributed by atoms with Gasteiger partial charge in [-0.15, -0.1) is 0 Å². The lowest BCUT2D eigenvalue weighted by molar-refractivity contribution is -0.136. The van der Waals surface area contributed by atoms with Crippen molar-refractivity contribution < 1.29 is 31.4 Å². The van der Waals surface area contributed by atoms with E-state index in [9.17, 15) is 26.7 Å². The molecule has 134 valence electrons. The first-order valence-electron chi connectivity index (χ1n) is 7.58. The molecule has 25 heavy (non-hydrogen) atoms. The summed E-state index contributed by atoms with van der Waals surface area (Å²) in [7, 11) is -3.96. The van der Waals surface area contributed by atoms with Crippen LogP contribution >= 0.6 is 0 Å². The van der Waals surface area contributed by atoms with Crippen LogP contribution in [0.25, 0.3) is 4.85 Å². The number of sulfonamides is 1. The average Bonchev–Trinajstić information content (AvgIpc) is 3.15. The van der Waals surface area contributed by atoms with Gasteiger partial charge in [0.25, 0.3) is 0 Å². The van der Waals surface area contributed by atoms with E-state index in [1.165, 1.54) is 6.07 Å². The van der Waals surface area contributed by atoms with E-state index in [4.69, 9.17) is 11.3 Å². The number of hydrogen-bond acceptors (Lipinski definition) is 4. The van der Waals surface area contributed by atoms with E-state index < -0.39 is 51.0 Å². The molecule has 3 aliphatic rings. The number of benzene rings is 1. The summed E-state index contributed by atoms with van der Waals surface area (Å²) in [6, 6.07) is 2.89. The van der Waals surface area contributed by atoms with Gasteiger partial charge >= 0.3 is 6.18 Å². The molecule has 0 spiro atoms. The number of rotatable bonds is 1. The third kappa shape index (κ3) is 2.26. The molecule has 1 N–H and O–H groups in total. The normalized spacial score (nSPS) is 35.6. The van der Waals surface area contributed by atoms with Crippen molar-refractivity contribution in [1.82, 2.24) is 0 Å². The lowest BCUT2D eigenvalue weighted by Gasteiger charge is -2.23. The predicted molar refractivity (Wildman–Crippen MR) is 80.5 cm³/mol. The van der Waals surface area contributed by atoms with Gasteiger partial charge in [0.2, 0.25) is 10.0 Å². The van der Waals surface area contributed by atoms with E-state index in [1.54, 1.807) is 0 Å². The fraction of sp³-hybridized carbons (Fsp3) is 0.533. The van der Waals surface area contributed by atoms with Crippen LogP contribution in [-0.4, -0.2) is 43.6 Å². The van der Waals surface area contributed by atoms with Gasteiger partial charge in [-0.25, -0.2) is 13.3 Å². The summed E-state index contributed by atoms with van der Waals surface area (Å²) in [6.45, 7) is 6.87. The summed E-state index contributed by atoms with van der Waals surface area (Å²) in [5.41, 5.74) is -1.86. The van der Waals surface area contributed by atoms with Crippen molar-refractivity contribution in [3.63, 3.8) is 0 Å². The number of fused-ring (bicyclic) bond motifs is 5. The van der Waals surface area contributed by atoms with Crippen molar-refractivity contribution >= 4 is 21.4 Å². The summed E-state index contributed by atoms with van der Waals surface area (Å²) in [5.74, 6) is -0.381. The molecule has 0 aliphatic carbocycles. The molecule has 0 aromatic heterocycles. The topological polar surface area (TPSA) is 71.2 Å². The third-order valence-corrected chi connectivity index (χ3v) is 7.41. The number of aliphatic hydroxyl groups excluding tert-OH is 1. The zero-order valence-corrected chi connectivity index (χ0v) is 13.5. The summed E-state index contributed by atoms with van der Waals surface area (Å²) in [5, 5.41) is 8.94. The number of aliphatic hydroxyl groups is 1. The molecule has 3 saturated heterocycles. The minimum absolute atomic E-state index is 0.00947. The highest BCUT2D eigenvalue weighted by molar-refractivity contribution is 7.93. The largest absolute Gasteiger partial charge is 0.407 e. The summed E-state index contributed by atoms with van der Waals surface area (Å²) in [4.78, 5) is 2.85. The van der Waals surface area contributed by atoms with Crippen LogP contribution in [0.5, 0.6) is 0 Å². The maximum Gasteiger partial charge on any atom is 0.407 e. The van der Waals surface area contributed by atoms with Crippen LogP contribution in [0.4, 0.5) is 24.5 Å². The molecule has 1 aromatic rings. The number of anilines is 1. The maximum absolute atomic E-state index is 13.1. The summed E-state index contributed by atoms with van der Waals surface area (Å²) >= 11 is 0. The minimum Gasteiger partial charge on any atom is -0.390 e. The molecule has 6 nitrogen and oxygen atoms in total. The molecular formula is C15H13F3N2O4S. The van der Waals surface area contributed by atoms with Gasteiger partial charge in [0.05, 0.1) is 24.3 Å². The van der Waals surface area contributed by atoms with E-state index >= 15 is 0 Å². The molecule has 10 heteroatoms. The van der Waals surface area contributed by atoms with Crippen LogP contribution < -0.4 is 4.31 Å². The monoisotopic (exact) mass is 374 g/mol. The number of ether oxygens (including phenoxy) is 1. The molecule has 3 aliphatic heterocycles.